The molecule has 1 saturated carbocycles. The van der Waals surface area contributed by atoms with Crippen LogP contribution in [-0.4, -0.2) is 20.5 Å². The molecule has 1 N–H and O–H groups in total. The van der Waals surface area contributed by atoms with Gasteiger partial charge in [0, 0.05) is 11.9 Å². The van der Waals surface area contributed by atoms with Crippen LogP contribution in [0.5, 0.6) is 0 Å². The first-order chi connectivity index (χ1) is 11.1. The third kappa shape index (κ3) is 2.36. The van der Waals surface area contributed by atoms with Crippen molar-refractivity contribution in [2.24, 2.45) is 0 Å². The highest BCUT2D eigenvalue weighted by Gasteiger charge is 2.46. The van der Waals surface area contributed by atoms with Gasteiger partial charge in [-0.1, -0.05) is 12.1 Å². The molecule has 6 heteroatoms. The minimum Gasteiger partial charge on any atom is -0.342 e. The molecule has 1 amide bonds. The van der Waals surface area contributed by atoms with Crippen molar-refractivity contribution in [1.29, 1.82) is 0 Å². The third-order valence-electron chi connectivity index (χ3n) is 4.25. The summed E-state index contributed by atoms with van der Waals surface area (Å²) in [5, 5.41) is 7.22. The van der Waals surface area contributed by atoms with Crippen LogP contribution in [0.4, 0.5) is 4.39 Å². The predicted octanol–water partition coefficient (Wildman–Crippen LogP) is 2.60. The average molecular weight is 310 g/mol. The number of nitrogens with zero attached hydrogens (tertiary/aromatic N) is 3. The number of nitrogens with one attached hydrogen (secondary N) is 1. The Balaban J connectivity index is 1.64. The first kappa shape index (κ1) is 13.9. The smallest absolute Gasteiger partial charge is 0.257 e. The molecule has 3 aromatic rings. The third-order valence-corrected chi connectivity index (χ3v) is 4.25. The van der Waals surface area contributed by atoms with Crippen LogP contribution in [0, 0.1) is 12.7 Å². The standard InChI is InChI=1S/C17H15FN4O/c1-11-6-9-22-15(20-11)14(10-19-22)16(23)21-17(7-8-17)12-2-4-13(18)5-3-12/h2-6,9-10H,7-8H2,1H3,(H,21,23). The maximum Gasteiger partial charge on any atom is 0.257 e. The normalized spacial score (nSPS) is 15.6. The van der Waals surface area contributed by atoms with E-state index in [-0.39, 0.29) is 11.7 Å². The van der Waals surface area contributed by atoms with Gasteiger partial charge in [-0.05, 0) is 43.5 Å². The summed E-state index contributed by atoms with van der Waals surface area (Å²) in [4.78, 5) is 17.0. The van der Waals surface area contributed by atoms with E-state index in [1.165, 1.54) is 18.3 Å². The Morgan fingerprint density at radius 3 is 2.70 bits per heavy atom. The summed E-state index contributed by atoms with van der Waals surface area (Å²) in [5.74, 6) is -0.488. The van der Waals surface area contributed by atoms with Gasteiger partial charge in [0.25, 0.3) is 5.91 Å². The number of hydrogen-bond acceptors (Lipinski definition) is 3. The number of benzene rings is 1. The SMILES string of the molecule is Cc1ccn2ncc(C(=O)NC3(c4ccc(F)cc4)CC3)c2n1. The zero-order chi connectivity index (χ0) is 16.0. The van der Waals surface area contributed by atoms with E-state index < -0.39 is 5.54 Å². The molecule has 0 radical (unpaired) electrons. The van der Waals surface area contributed by atoms with Gasteiger partial charge in [0.2, 0.25) is 0 Å². The maximum atomic E-state index is 13.1. The summed E-state index contributed by atoms with van der Waals surface area (Å²) >= 11 is 0. The van der Waals surface area contributed by atoms with Crippen LogP contribution in [0.25, 0.3) is 5.65 Å². The molecule has 0 unspecified atom stereocenters. The largest absolute Gasteiger partial charge is 0.342 e. The quantitative estimate of drug-likeness (QED) is 0.809. The van der Waals surface area contributed by atoms with Crippen LogP contribution in [0.1, 0.15) is 34.5 Å². The molecule has 1 fully saturated rings. The zero-order valence-electron chi connectivity index (χ0n) is 12.6. The second kappa shape index (κ2) is 4.87. The summed E-state index contributed by atoms with van der Waals surface area (Å²) in [6, 6.07) is 8.12. The zero-order valence-corrected chi connectivity index (χ0v) is 12.6. The lowest BCUT2D eigenvalue weighted by atomic mass is 10.0. The molecule has 5 nitrogen and oxygen atoms in total. The minimum atomic E-state index is -0.400. The van der Waals surface area contributed by atoms with Crippen LogP contribution in [-0.2, 0) is 5.54 Å². The van der Waals surface area contributed by atoms with E-state index in [4.69, 9.17) is 0 Å². The Kier molecular flexibility index (Phi) is 2.94. The van der Waals surface area contributed by atoms with Gasteiger partial charge < -0.3 is 5.32 Å². The summed E-state index contributed by atoms with van der Waals surface area (Å²) in [7, 11) is 0. The number of amides is 1. The Labute approximate surface area is 132 Å². The van der Waals surface area contributed by atoms with E-state index in [0.29, 0.717) is 11.2 Å². The second-order valence-corrected chi connectivity index (χ2v) is 5.94. The van der Waals surface area contributed by atoms with E-state index in [9.17, 15) is 9.18 Å². The van der Waals surface area contributed by atoms with Crippen LogP contribution < -0.4 is 5.32 Å². The van der Waals surface area contributed by atoms with Crippen molar-refractivity contribution < 1.29 is 9.18 Å². The maximum absolute atomic E-state index is 13.1. The van der Waals surface area contributed by atoms with E-state index in [1.807, 2.05) is 13.0 Å². The monoisotopic (exact) mass is 310 g/mol. The topological polar surface area (TPSA) is 59.3 Å². The van der Waals surface area contributed by atoms with Crippen LogP contribution in [0.2, 0.25) is 0 Å². The highest BCUT2D eigenvalue weighted by atomic mass is 19.1. The average Bonchev–Trinajstić information content (AvgIpc) is 3.19. The Morgan fingerprint density at radius 2 is 2.00 bits per heavy atom. The number of hydrogen-bond donors (Lipinski definition) is 1. The molecule has 1 aliphatic carbocycles. The molecule has 0 atom stereocenters. The van der Waals surface area contributed by atoms with E-state index >= 15 is 0 Å². The van der Waals surface area contributed by atoms with Crippen molar-refractivity contribution in [3.8, 4) is 0 Å². The Morgan fingerprint density at radius 1 is 1.26 bits per heavy atom. The number of rotatable bonds is 3. The molecule has 2 heterocycles. The van der Waals surface area contributed by atoms with E-state index in [0.717, 1.165) is 24.1 Å². The highest BCUT2D eigenvalue weighted by molar-refractivity contribution is 6.00. The fraction of sp³-hybridized carbons (Fsp3) is 0.235. The molecule has 1 aliphatic rings. The molecular formula is C17H15FN4O. The van der Waals surface area contributed by atoms with Gasteiger partial charge in [0.1, 0.15) is 11.4 Å². The van der Waals surface area contributed by atoms with Crippen molar-refractivity contribution in [1.82, 2.24) is 19.9 Å². The fourth-order valence-electron chi connectivity index (χ4n) is 2.78. The molecule has 4 rings (SSSR count). The van der Waals surface area contributed by atoms with Gasteiger partial charge in [-0.25, -0.2) is 13.9 Å². The van der Waals surface area contributed by atoms with Crippen LogP contribution >= 0.6 is 0 Å². The molecule has 2 aromatic heterocycles. The lowest BCUT2D eigenvalue weighted by molar-refractivity contribution is 0.0932. The number of carbonyl (C=O) groups excluding carboxylic acids is 1. The number of fused-ring (bicyclic) bond motifs is 1. The van der Waals surface area contributed by atoms with Crippen molar-refractivity contribution in [3.63, 3.8) is 0 Å². The molecule has 116 valence electrons. The summed E-state index contributed by atoms with van der Waals surface area (Å²) in [5.41, 5.74) is 2.34. The second-order valence-electron chi connectivity index (χ2n) is 5.94. The molecule has 0 spiro atoms. The summed E-state index contributed by atoms with van der Waals surface area (Å²) < 4.78 is 14.7. The molecule has 1 aromatic carbocycles. The molecular weight excluding hydrogens is 295 g/mol. The van der Waals surface area contributed by atoms with Gasteiger partial charge in [-0.15, -0.1) is 0 Å². The summed E-state index contributed by atoms with van der Waals surface area (Å²) in [6.45, 7) is 1.87. The number of halogens is 1. The molecule has 0 aliphatic heterocycles. The van der Waals surface area contributed by atoms with Gasteiger partial charge in [0.05, 0.1) is 11.7 Å². The summed E-state index contributed by atoms with van der Waals surface area (Å²) in [6.07, 6.45) is 4.99. The fourth-order valence-corrected chi connectivity index (χ4v) is 2.78. The molecule has 0 saturated heterocycles. The minimum absolute atomic E-state index is 0.208. The first-order valence-corrected chi connectivity index (χ1v) is 7.47. The number of carbonyl (C=O) groups is 1. The van der Waals surface area contributed by atoms with Crippen LogP contribution in [0.3, 0.4) is 0 Å². The van der Waals surface area contributed by atoms with Gasteiger partial charge in [-0.2, -0.15) is 5.10 Å². The van der Waals surface area contributed by atoms with Crippen molar-refractivity contribution in [2.45, 2.75) is 25.3 Å². The first-order valence-electron chi connectivity index (χ1n) is 7.47. The predicted molar refractivity (Wildman–Crippen MR) is 82.5 cm³/mol. The molecule has 23 heavy (non-hydrogen) atoms. The van der Waals surface area contributed by atoms with E-state index in [1.54, 1.807) is 22.8 Å². The van der Waals surface area contributed by atoms with E-state index in [2.05, 4.69) is 15.4 Å². The van der Waals surface area contributed by atoms with Gasteiger partial charge in [-0.3, -0.25) is 4.79 Å². The Hall–Kier alpha value is -2.76. The van der Waals surface area contributed by atoms with Crippen molar-refractivity contribution in [3.05, 3.63) is 65.4 Å². The Bertz CT molecular complexity index is 897. The lowest BCUT2D eigenvalue weighted by Gasteiger charge is -2.17. The van der Waals surface area contributed by atoms with Crippen molar-refractivity contribution >= 4 is 11.6 Å². The lowest BCUT2D eigenvalue weighted by Crippen LogP contribution is -2.34. The molecule has 0 bridgehead atoms. The highest BCUT2D eigenvalue weighted by Crippen LogP contribution is 2.45. The van der Waals surface area contributed by atoms with Crippen molar-refractivity contribution in [2.75, 3.05) is 0 Å². The number of aryl methyl sites for hydroxylation is 1. The van der Waals surface area contributed by atoms with Gasteiger partial charge in [0.15, 0.2) is 5.65 Å². The van der Waals surface area contributed by atoms with Gasteiger partial charge >= 0.3 is 0 Å². The van der Waals surface area contributed by atoms with Crippen LogP contribution in [0.15, 0.2) is 42.7 Å². The number of aromatic nitrogens is 3.